The van der Waals surface area contributed by atoms with E-state index in [0.29, 0.717) is 25.1 Å². The minimum Gasteiger partial charge on any atom is -0.504 e. The highest BCUT2D eigenvalue weighted by molar-refractivity contribution is 7.80. The zero-order chi connectivity index (χ0) is 23.9. The quantitative estimate of drug-likeness (QED) is 0.383. The molecule has 0 saturated carbocycles. The second-order valence-electron chi connectivity index (χ2n) is 9.20. The van der Waals surface area contributed by atoms with Crippen LogP contribution in [0.5, 0.6) is 11.5 Å². The van der Waals surface area contributed by atoms with Gasteiger partial charge in [-0.1, -0.05) is 36.5 Å². The number of phenolic OH excluding ortho intramolecular Hbond substituents is 1. The van der Waals surface area contributed by atoms with Crippen LogP contribution in [0.2, 0.25) is 0 Å². The van der Waals surface area contributed by atoms with Crippen LogP contribution in [0.15, 0.2) is 36.4 Å². The Labute approximate surface area is 196 Å². The third kappa shape index (κ3) is 7.52. The molecule has 0 aromatic heterocycles. The monoisotopic (exact) mass is 457 g/mol. The van der Waals surface area contributed by atoms with Crippen molar-refractivity contribution in [2.24, 2.45) is 11.3 Å². The molecule has 0 spiro atoms. The van der Waals surface area contributed by atoms with Crippen molar-refractivity contribution in [1.82, 2.24) is 5.32 Å². The summed E-state index contributed by atoms with van der Waals surface area (Å²) >= 11 is 5.63. The van der Waals surface area contributed by atoms with Crippen molar-refractivity contribution in [1.29, 1.82) is 0 Å². The fraction of sp³-hybridized carbons (Fsp3) is 0.462. The van der Waals surface area contributed by atoms with Crippen molar-refractivity contribution >= 4 is 23.2 Å². The lowest BCUT2D eigenvalue weighted by Crippen LogP contribution is -2.27. The lowest BCUT2D eigenvalue weighted by Gasteiger charge is -2.24. The maximum absolute atomic E-state index is 11.6. The molecule has 2 aromatic carbocycles. The van der Waals surface area contributed by atoms with Gasteiger partial charge in [0.05, 0.1) is 17.5 Å². The minimum atomic E-state index is -0.774. The fourth-order valence-electron chi connectivity index (χ4n) is 3.58. The van der Waals surface area contributed by atoms with E-state index in [1.165, 1.54) is 23.8 Å². The third-order valence-electron chi connectivity index (χ3n) is 6.06. The Balaban J connectivity index is 2.05. The van der Waals surface area contributed by atoms with Crippen molar-refractivity contribution in [3.63, 3.8) is 0 Å². The van der Waals surface area contributed by atoms with E-state index in [0.717, 1.165) is 23.4 Å². The van der Waals surface area contributed by atoms with E-state index in [2.05, 4.69) is 37.4 Å². The smallest absolute Gasteiger partial charge is 0.309 e. The van der Waals surface area contributed by atoms with E-state index in [1.54, 1.807) is 26.0 Å². The first-order chi connectivity index (χ1) is 15.0. The number of aromatic hydroxyl groups is 1. The van der Waals surface area contributed by atoms with Gasteiger partial charge in [0.1, 0.15) is 0 Å². The van der Waals surface area contributed by atoms with Crippen LogP contribution in [0.1, 0.15) is 55.4 Å². The summed E-state index contributed by atoms with van der Waals surface area (Å²) in [6.45, 7) is 8.30. The summed E-state index contributed by atoms with van der Waals surface area (Å²) in [7, 11) is 1.52. The van der Waals surface area contributed by atoms with E-state index in [1.807, 2.05) is 6.07 Å². The molecule has 0 aliphatic rings. The molecule has 6 heteroatoms. The molecule has 0 aliphatic heterocycles. The molecule has 0 amide bonds. The Morgan fingerprint density at radius 2 is 1.81 bits per heavy atom. The molecule has 32 heavy (non-hydrogen) atoms. The number of rotatable bonds is 11. The van der Waals surface area contributed by atoms with Crippen molar-refractivity contribution < 1.29 is 19.7 Å². The van der Waals surface area contributed by atoms with Gasteiger partial charge in [0.15, 0.2) is 11.5 Å². The molecule has 1 unspecified atom stereocenters. The number of hydrogen-bond acceptors (Lipinski definition) is 4. The lowest BCUT2D eigenvalue weighted by molar-refractivity contribution is -0.147. The van der Waals surface area contributed by atoms with Crippen LogP contribution in [0.3, 0.4) is 0 Å². The Bertz CT molecular complexity index is 955. The van der Waals surface area contributed by atoms with Crippen LogP contribution < -0.4 is 10.1 Å². The van der Waals surface area contributed by atoms with Crippen LogP contribution in [0.25, 0.3) is 0 Å². The van der Waals surface area contributed by atoms with E-state index in [-0.39, 0.29) is 11.7 Å². The van der Waals surface area contributed by atoms with Crippen LogP contribution in [0.4, 0.5) is 0 Å². The van der Waals surface area contributed by atoms with Gasteiger partial charge in [-0.2, -0.15) is 0 Å². The Kier molecular flexibility index (Phi) is 9.08. The van der Waals surface area contributed by atoms with Crippen molar-refractivity contribution in [3.05, 3.63) is 58.7 Å². The molecule has 2 aromatic rings. The summed E-state index contributed by atoms with van der Waals surface area (Å²) in [5.74, 6) is 0.00144. The first kappa shape index (κ1) is 25.7. The molecule has 0 aliphatic carbocycles. The number of carboxylic acid groups (broad SMARTS) is 1. The Morgan fingerprint density at radius 3 is 2.44 bits per heavy atom. The molecule has 2 rings (SSSR count). The van der Waals surface area contributed by atoms with E-state index in [9.17, 15) is 15.0 Å². The molecular formula is C26H35NO4S. The number of aryl methyl sites for hydroxylation is 2. The predicted octanol–water partition coefficient (Wildman–Crippen LogP) is 5.57. The first-order valence-electron chi connectivity index (χ1n) is 10.9. The third-order valence-corrected chi connectivity index (χ3v) is 6.37. The number of thiocarbonyl (C=S) groups is 1. The van der Waals surface area contributed by atoms with Gasteiger partial charge in [-0.15, -0.1) is 0 Å². The molecule has 1 atom stereocenters. The number of carbonyl (C=O) groups is 1. The van der Waals surface area contributed by atoms with E-state index < -0.39 is 11.4 Å². The number of hydrogen-bond donors (Lipinski definition) is 3. The average molecular weight is 458 g/mol. The van der Waals surface area contributed by atoms with Gasteiger partial charge < -0.3 is 20.3 Å². The highest BCUT2D eigenvalue weighted by atomic mass is 32.1. The zero-order valence-corrected chi connectivity index (χ0v) is 20.5. The number of benzene rings is 2. The zero-order valence-electron chi connectivity index (χ0n) is 19.7. The van der Waals surface area contributed by atoms with Gasteiger partial charge in [-0.05, 0) is 87.3 Å². The number of aliphatic carboxylic acids is 1. The second kappa shape index (κ2) is 11.3. The molecule has 0 fully saturated rings. The molecule has 174 valence electrons. The van der Waals surface area contributed by atoms with Gasteiger partial charge >= 0.3 is 5.97 Å². The lowest BCUT2D eigenvalue weighted by atomic mass is 9.82. The molecule has 5 nitrogen and oxygen atoms in total. The molecule has 3 N–H and O–H groups in total. The highest BCUT2D eigenvalue weighted by Crippen LogP contribution is 2.29. The van der Waals surface area contributed by atoms with Gasteiger partial charge in [-0.3, -0.25) is 4.79 Å². The van der Waals surface area contributed by atoms with Gasteiger partial charge in [0.25, 0.3) is 0 Å². The van der Waals surface area contributed by atoms with Gasteiger partial charge in [0, 0.05) is 13.0 Å². The van der Waals surface area contributed by atoms with Crippen LogP contribution in [-0.4, -0.2) is 28.3 Å². The number of nitrogens with one attached hydrogen (secondary N) is 1. The summed E-state index contributed by atoms with van der Waals surface area (Å²) in [6.07, 6.45) is 2.91. The Hall–Kier alpha value is -2.60. The maximum Gasteiger partial charge on any atom is 0.309 e. The van der Waals surface area contributed by atoms with Crippen molar-refractivity contribution in [2.75, 3.05) is 7.11 Å². The number of carboxylic acids is 1. The van der Waals surface area contributed by atoms with E-state index in [4.69, 9.17) is 17.0 Å². The minimum absolute atomic E-state index is 0.105. The molecule has 0 saturated heterocycles. The molecule has 0 bridgehead atoms. The fourth-order valence-corrected chi connectivity index (χ4v) is 3.89. The van der Waals surface area contributed by atoms with Crippen LogP contribution >= 0.6 is 12.2 Å². The summed E-state index contributed by atoms with van der Waals surface area (Å²) in [5, 5.41) is 22.6. The van der Waals surface area contributed by atoms with Crippen molar-refractivity contribution in [3.8, 4) is 11.5 Å². The molecule has 0 radical (unpaired) electrons. The largest absolute Gasteiger partial charge is 0.504 e. The number of ether oxygens (including phenoxy) is 1. The normalized spacial score (nSPS) is 12.3. The molecular weight excluding hydrogens is 422 g/mol. The number of phenols is 1. The summed E-state index contributed by atoms with van der Waals surface area (Å²) in [4.78, 5) is 12.3. The maximum atomic E-state index is 11.6. The second-order valence-corrected chi connectivity index (χ2v) is 9.70. The summed E-state index contributed by atoms with van der Waals surface area (Å²) in [5.41, 5.74) is 3.96. The summed E-state index contributed by atoms with van der Waals surface area (Å²) in [6, 6.07) is 11.7. The van der Waals surface area contributed by atoms with Crippen LogP contribution in [0, 0.1) is 25.2 Å². The number of methoxy groups -OCH3 is 1. The van der Waals surface area contributed by atoms with Gasteiger partial charge in [-0.25, -0.2) is 0 Å². The average Bonchev–Trinajstić information content (AvgIpc) is 2.74. The topological polar surface area (TPSA) is 78.8 Å². The highest BCUT2D eigenvalue weighted by Gasteiger charge is 2.28. The SMILES string of the molecule is COc1cc(CNC(=S)CC(CCC(C)(C)C(=O)O)Cc2ccc(C)c(C)c2)ccc1O. The standard InChI is InChI=1S/C26H35NO4S/c1-17-6-7-19(12-18(17)2)13-20(10-11-26(3,4)25(29)30)15-24(32)27-16-21-8-9-22(28)23(14-21)31-5/h6-9,12,14,20,28H,10-11,13,15-16H2,1-5H3,(H,27,32)(H,29,30). The van der Waals surface area contributed by atoms with Gasteiger partial charge in [0.2, 0.25) is 0 Å². The summed E-state index contributed by atoms with van der Waals surface area (Å²) < 4.78 is 5.17. The molecule has 0 heterocycles. The van der Waals surface area contributed by atoms with Crippen LogP contribution in [-0.2, 0) is 17.8 Å². The van der Waals surface area contributed by atoms with E-state index >= 15 is 0 Å². The predicted molar refractivity (Wildman–Crippen MR) is 132 cm³/mol. The van der Waals surface area contributed by atoms with Crippen molar-refractivity contribution in [2.45, 2.75) is 59.9 Å². The Morgan fingerprint density at radius 1 is 1.12 bits per heavy atom. The first-order valence-corrected chi connectivity index (χ1v) is 11.3.